The number of rotatable bonds is 5. The lowest BCUT2D eigenvalue weighted by molar-refractivity contribution is 0.0731. The zero-order valence-electron chi connectivity index (χ0n) is 18.8. The van der Waals surface area contributed by atoms with E-state index in [0.29, 0.717) is 22.6 Å². The third kappa shape index (κ3) is 3.67. The fraction of sp³-hybridized carbons (Fsp3) is 0.111. The molecule has 0 aliphatic carbocycles. The molecule has 170 valence electrons. The minimum absolute atomic E-state index is 0.193. The number of Topliss-reactive ketones (excluding diaryl/α,β-unsaturated/α-hetero) is 1. The van der Waals surface area contributed by atoms with Gasteiger partial charge >= 0.3 is 5.97 Å². The first-order chi connectivity index (χ1) is 16.5. The van der Waals surface area contributed by atoms with Crippen LogP contribution in [0.4, 0.5) is 0 Å². The van der Waals surface area contributed by atoms with Crippen LogP contribution in [0.15, 0.2) is 72.6 Å². The summed E-state index contributed by atoms with van der Waals surface area (Å²) in [5, 5.41) is 0.938. The molecular weight excluding hydrogens is 434 g/mol. The summed E-state index contributed by atoms with van der Waals surface area (Å²) in [5.41, 5.74) is 2.53. The zero-order chi connectivity index (χ0) is 23.8. The number of fused-ring (bicyclic) bond motifs is 2. The molecule has 7 heteroatoms. The topological polar surface area (TPSA) is 76.0 Å². The Bertz CT molecular complexity index is 1480. The first kappa shape index (κ1) is 21.3. The molecule has 0 atom stereocenters. The summed E-state index contributed by atoms with van der Waals surface area (Å²) in [4.78, 5) is 25.6. The molecular formula is C27H21NO6. The number of methoxy groups -OCH3 is 2. The SMILES string of the molecule is COc1ccc2c(c1)c(C=C1Oc3cc(OC(=O)c4ccccc4OC)ccc3C1=O)cn2C. The summed E-state index contributed by atoms with van der Waals surface area (Å²) in [6, 6.07) is 17.3. The number of aryl methyl sites for hydroxylation is 1. The van der Waals surface area contributed by atoms with Gasteiger partial charge in [-0.2, -0.15) is 0 Å². The highest BCUT2D eigenvalue weighted by molar-refractivity contribution is 6.15. The van der Waals surface area contributed by atoms with Crippen molar-refractivity contribution < 1.29 is 28.5 Å². The van der Waals surface area contributed by atoms with E-state index in [2.05, 4.69) is 0 Å². The molecule has 0 radical (unpaired) electrons. The predicted molar refractivity (Wildman–Crippen MR) is 127 cm³/mol. The molecule has 0 saturated heterocycles. The zero-order valence-corrected chi connectivity index (χ0v) is 18.8. The highest BCUT2D eigenvalue weighted by Crippen LogP contribution is 2.36. The molecule has 1 aliphatic rings. The number of ketones is 1. The number of benzene rings is 3. The molecule has 34 heavy (non-hydrogen) atoms. The van der Waals surface area contributed by atoms with Gasteiger partial charge in [0.25, 0.3) is 0 Å². The second kappa shape index (κ2) is 8.44. The average Bonchev–Trinajstić information content (AvgIpc) is 3.34. The molecule has 0 saturated carbocycles. The quantitative estimate of drug-likeness (QED) is 0.239. The lowest BCUT2D eigenvalue weighted by Crippen LogP contribution is -2.10. The van der Waals surface area contributed by atoms with Crippen molar-refractivity contribution in [1.29, 1.82) is 0 Å². The van der Waals surface area contributed by atoms with Gasteiger partial charge in [0.05, 0.1) is 19.8 Å². The molecule has 0 bridgehead atoms. The molecule has 1 aromatic heterocycles. The summed E-state index contributed by atoms with van der Waals surface area (Å²) in [6.45, 7) is 0. The van der Waals surface area contributed by atoms with Crippen LogP contribution in [0.25, 0.3) is 17.0 Å². The van der Waals surface area contributed by atoms with Crippen LogP contribution in [0, 0.1) is 0 Å². The van der Waals surface area contributed by atoms with Crippen molar-refractivity contribution in [2.75, 3.05) is 14.2 Å². The number of allylic oxidation sites excluding steroid dienone is 1. The van der Waals surface area contributed by atoms with E-state index in [0.717, 1.165) is 22.2 Å². The molecule has 3 aromatic carbocycles. The standard InChI is InChI=1S/C27H21NO6/c1-28-15-16(21-13-17(31-2)9-11-22(21)28)12-25-26(29)19-10-8-18(14-24(19)34-25)33-27(30)20-6-4-5-7-23(20)32-3/h4-15H,1-3H3. The van der Waals surface area contributed by atoms with Gasteiger partial charge in [0.15, 0.2) is 5.76 Å². The number of carbonyl (C=O) groups is 2. The van der Waals surface area contributed by atoms with E-state index < -0.39 is 5.97 Å². The third-order valence-corrected chi connectivity index (χ3v) is 5.69. The molecule has 0 spiro atoms. The Morgan fingerprint density at radius 2 is 1.76 bits per heavy atom. The van der Waals surface area contributed by atoms with Gasteiger partial charge in [0.2, 0.25) is 5.78 Å². The lowest BCUT2D eigenvalue weighted by Gasteiger charge is -2.08. The number of carbonyl (C=O) groups excluding carboxylic acids is 2. The van der Waals surface area contributed by atoms with E-state index in [-0.39, 0.29) is 17.3 Å². The van der Waals surface area contributed by atoms with E-state index in [1.165, 1.54) is 13.2 Å². The van der Waals surface area contributed by atoms with Crippen LogP contribution < -0.4 is 18.9 Å². The van der Waals surface area contributed by atoms with Crippen molar-refractivity contribution in [2.45, 2.75) is 0 Å². The molecule has 0 fully saturated rings. The maximum atomic E-state index is 13.0. The van der Waals surface area contributed by atoms with Gasteiger partial charge in [0, 0.05) is 35.8 Å². The van der Waals surface area contributed by atoms with Crippen LogP contribution in [0.3, 0.4) is 0 Å². The van der Waals surface area contributed by atoms with Crippen molar-refractivity contribution >= 4 is 28.7 Å². The van der Waals surface area contributed by atoms with Gasteiger partial charge in [-0.1, -0.05) is 12.1 Å². The number of ether oxygens (including phenoxy) is 4. The molecule has 7 nitrogen and oxygen atoms in total. The molecule has 0 amide bonds. The summed E-state index contributed by atoms with van der Waals surface area (Å²) in [7, 11) is 5.03. The molecule has 1 aliphatic heterocycles. The van der Waals surface area contributed by atoms with E-state index in [9.17, 15) is 9.59 Å². The van der Waals surface area contributed by atoms with E-state index in [4.69, 9.17) is 18.9 Å². The van der Waals surface area contributed by atoms with E-state index in [1.807, 2.05) is 36.0 Å². The predicted octanol–water partition coefficient (Wildman–Crippen LogP) is 5.03. The fourth-order valence-corrected chi connectivity index (χ4v) is 3.99. The van der Waals surface area contributed by atoms with Crippen LogP contribution >= 0.6 is 0 Å². The number of hydrogen-bond donors (Lipinski definition) is 0. The Balaban J connectivity index is 1.43. The number of hydrogen-bond acceptors (Lipinski definition) is 6. The largest absolute Gasteiger partial charge is 0.497 e. The van der Waals surface area contributed by atoms with Gasteiger partial charge in [0.1, 0.15) is 28.6 Å². The highest BCUT2D eigenvalue weighted by atomic mass is 16.5. The number of para-hydroxylation sites is 1. The van der Waals surface area contributed by atoms with Gasteiger partial charge in [-0.25, -0.2) is 4.79 Å². The Kier molecular flexibility index (Phi) is 5.30. The summed E-state index contributed by atoms with van der Waals surface area (Å²) in [6.07, 6.45) is 3.64. The Morgan fingerprint density at radius 3 is 2.56 bits per heavy atom. The fourth-order valence-electron chi connectivity index (χ4n) is 3.99. The Morgan fingerprint density at radius 1 is 0.971 bits per heavy atom. The van der Waals surface area contributed by atoms with E-state index in [1.54, 1.807) is 49.6 Å². The number of nitrogens with zero attached hydrogens (tertiary/aromatic N) is 1. The molecule has 0 N–H and O–H groups in total. The van der Waals surface area contributed by atoms with Crippen molar-refractivity contribution in [1.82, 2.24) is 4.57 Å². The van der Waals surface area contributed by atoms with Crippen LogP contribution in [0.1, 0.15) is 26.3 Å². The average molecular weight is 455 g/mol. The lowest BCUT2D eigenvalue weighted by atomic mass is 10.1. The summed E-state index contributed by atoms with van der Waals surface area (Å²) < 4.78 is 23.9. The Labute approximate surface area is 195 Å². The third-order valence-electron chi connectivity index (χ3n) is 5.69. The molecule has 4 aromatic rings. The molecule has 0 unspecified atom stereocenters. The maximum absolute atomic E-state index is 13.0. The van der Waals surface area contributed by atoms with Crippen molar-refractivity contribution in [3.63, 3.8) is 0 Å². The monoisotopic (exact) mass is 455 g/mol. The second-order valence-electron chi connectivity index (χ2n) is 7.77. The maximum Gasteiger partial charge on any atom is 0.347 e. The van der Waals surface area contributed by atoms with Gasteiger partial charge in [-0.3, -0.25) is 4.79 Å². The van der Waals surface area contributed by atoms with E-state index >= 15 is 0 Å². The first-order valence-corrected chi connectivity index (χ1v) is 10.5. The van der Waals surface area contributed by atoms with Gasteiger partial charge in [-0.15, -0.1) is 0 Å². The number of aromatic nitrogens is 1. The van der Waals surface area contributed by atoms with Gasteiger partial charge < -0.3 is 23.5 Å². The number of esters is 1. The molecule has 2 heterocycles. The van der Waals surface area contributed by atoms with Crippen molar-refractivity contribution in [2.24, 2.45) is 7.05 Å². The normalized spacial score (nSPS) is 13.6. The van der Waals surface area contributed by atoms with Crippen LogP contribution in [0.5, 0.6) is 23.0 Å². The molecule has 5 rings (SSSR count). The van der Waals surface area contributed by atoms with Crippen molar-refractivity contribution in [3.05, 3.63) is 89.3 Å². The summed E-state index contributed by atoms with van der Waals surface area (Å²) in [5.74, 6) is 1.12. The summed E-state index contributed by atoms with van der Waals surface area (Å²) >= 11 is 0. The minimum Gasteiger partial charge on any atom is -0.497 e. The van der Waals surface area contributed by atoms with Crippen LogP contribution in [-0.4, -0.2) is 30.5 Å². The second-order valence-corrected chi connectivity index (χ2v) is 7.77. The van der Waals surface area contributed by atoms with Crippen molar-refractivity contribution in [3.8, 4) is 23.0 Å². The highest BCUT2D eigenvalue weighted by Gasteiger charge is 2.28. The van der Waals surface area contributed by atoms with Crippen LogP contribution in [0.2, 0.25) is 0 Å². The van der Waals surface area contributed by atoms with Crippen LogP contribution in [-0.2, 0) is 7.05 Å². The van der Waals surface area contributed by atoms with Gasteiger partial charge in [-0.05, 0) is 48.5 Å². The minimum atomic E-state index is -0.567. The first-order valence-electron chi connectivity index (χ1n) is 10.5. The smallest absolute Gasteiger partial charge is 0.347 e. The Hall–Kier alpha value is -4.52.